The van der Waals surface area contributed by atoms with Crippen LogP contribution in [0.3, 0.4) is 0 Å². The third kappa shape index (κ3) is 7.49. The van der Waals surface area contributed by atoms with Gasteiger partial charge in [0.1, 0.15) is 6.54 Å². The van der Waals surface area contributed by atoms with Crippen molar-refractivity contribution in [1.29, 1.82) is 0 Å². The van der Waals surface area contributed by atoms with E-state index in [0.29, 0.717) is 5.92 Å². The van der Waals surface area contributed by atoms with Crippen LogP contribution in [0.2, 0.25) is 0 Å². The summed E-state index contributed by atoms with van der Waals surface area (Å²) in [6.45, 7) is 7.52. The van der Waals surface area contributed by atoms with E-state index in [9.17, 15) is 4.79 Å². The zero-order valence-electron chi connectivity index (χ0n) is 16.0. The van der Waals surface area contributed by atoms with Gasteiger partial charge in [-0.15, -0.1) is 24.0 Å². The zero-order chi connectivity index (χ0) is 18.1. The molecule has 1 aliphatic heterocycles. The molecule has 1 atom stereocenters. The Kier molecular flexibility index (Phi) is 10.6. The summed E-state index contributed by atoms with van der Waals surface area (Å²) in [6, 6.07) is 7.91. The first-order valence-electron chi connectivity index (χ1n) is 9.08. The molecule has 1 unspecified atom stereocenters. The molecule has 146 valence electrons. The van der Waals surface area contributed by atoms with Gasteiger partial charge in [-0.25, -0.2) is 4.99 Å². The van der Waals surface area contributed by atoms with E-state index in [1.807, 2.05) is 32.2 Å². The number of amides is 1. The summed E-state index contributed by atoms with van der Waals surface area (Å²) in [6.07, 6.45) is 2.03. The quantitative estimate of drug-likeness (QED) is 0.363. The highest BCUT2D eigenvalue weighted by molar-refractivity contribution is 14.0. The highest BCUT2D eigenvalue weighted by Gasteiger charge is 2.19. The number of aliphatic imine (C=N–C) groups is 1. The summed E-state index contributed by atoms with van der Waals surface area (Å²) in [4.78, 5) is 18.8. The molecular weight excluding hydrogens is 443 g/mol. The van der Waals surface area contributed by atoms with Gasteiger partial charge < -0.3 is 20.3 Å². The average molecular weight is 474 g/mol. The molecule has 2 rings (SSSR count). The van der Waals surface area contributed by atoms with E-state index in [-0.39, 0.29) is 36.4 Å². The molecule has 0 spiro atoms. The molecule has 0 saturated carbocycles. The van der Waals surface area contributed by atoms with Crippen molar-refractivity contribution < 1.29 is 9.53 Å². The van der Waals surface area contributed by atoms with Crippen LogP contribution < -0.4 is 10.6 Å². The van der Waals surface area contributed by atoms with Gasteiger partial charge in [0.05, 0.1) is 6.61 Å². The number of carbonyl (C=O) groups is 1. The van der Waals surface area contributed by atoms with Crippen LogP contribution in [-0.4, -0.2) is 56.7 Å². The molecule has 1 aromatic rings. The van der Waals surface area contributed by atoms with Gasteiger partial charge in [0.15, 0.2) is 5.96 Å². The highest BCUT2D eigenvalue weighted by atomic mass is 127. The first-order valence-corrected chi connectivity index (χ1v) is 9.08. The van der Waals surface area contributed by atoms with Crippen LogP contribution in [0.25, 0.3) is 0 Å². The van der Waals surface area contributed by atoms with Gasteiger partial charge >= 0.3 is 0 Å². The molecule has 26 heavy (non-hydrogen) atoms. The maximum atomic E-state index is 12.2. The lowest BCUT2D eigenvalue weighted by molar-refractivity contribution is -0.114. The van der Waals surface area contributed by atoms with E-state index in [2.05, 4.69) is 33.5 Å². The SMILES string of the molecule is CCNC(=NCC(=O)Nc1cccc(CC)c1)N(C)CC1CCOC1.I. The molecule has 0 bridgehead atoms. The molecule has 0 radical (unpaired) electrons. The summed E-state index contributed by atoms with van der Waals surface area (Å²) in [7, 11) is 2.00. The summed E-state index contributed by atoms with van der Waals surface area (Å²) >= 11 is 0. The summed E-state index contributed by atoms with van der Waals surface area (Å²) in [5, 5.41) is 6.16. The molecule has 2 N–H and O–H groups in total. The Hall–Kier alpha value is -1.35. The number of rotatable bonds is 7. The second-order valence-electron chi connectivity index (χ2n) is 6.38. The Bertz CT molecular complexity index is 589. The molecule has 1 saturated heterocycles. The standard InChI is InChI=1S/C19H30N4O2.HI/c1-4-15-7-6-8-17(11-15)22-18(24)12-21-19(20-5-2)23(3)13-16-9-10-25-14-16;/h6-8,11,16H,4-5,9-10,12-14H2,1-3H3,(H,20,21)(H,22,24);1H. The van der Waals surface area contributed by atoms with Crippen LogP contribution in [-0.2, 0) is 16.0 Å². The van der Waals surface area contributed by atoms with Crippen molar-refractivity contribution in [2.75, 3.05) is 45.2 Å². The number of halogens is 1. The van der Waals surface area contributed by atoms with Gasteiger partial charge in [0.25, 0.3) is 0 Å². The Morgan fingerprint density at radius 2 is 2.19 bits per heavy atom. The van der Waals surface area contributed by atoms with Crippen molar-refractivity contribution in [2.45, 2.75) is 26.7 Å². The van der Waals surface area contributed by atoms with Crippen LogP contribution >= 0.6 is 24.0 Å². The van der Waals surface area contributed by atoms with Crippen LogP contribution in [0, 0.1) is 5.92 Å². The van der Waals surface area contributed by atoms with Gasteiger partial charge in [0, 0.05) is 38.3 Å². The molecular formula is C19H31IN4O2. The van der Waals surface area contributed by atoms with Crippen molar-refractivity contribution in [3.8, 4) is 0 Å². The maximum absolute atomic E-state index is 12.2. The average Bonchev–Trinajstić information content (AvgIpc) is 3.11. The molecule has 1 aromatic carbocycles. The van der Waals surface area contributed by atoms with Gasteiger partial charge in [-0.2, -0.15) is 0 Å². The molecule has 7 heteroatoms. The second-order valence-corrected chi connectivity index (χ2v) is 6.38. The van der Waals surface area contributed by atoms with E-state index in [1.165, 1.54) is 5.56 Å². The smallest absolute Gasteiger partial charge is 0.246 e. The van der Waals surface area contributed by atoms with Crippen LogP contribution in [0.4, 0.5) is 5.69 Å². The summed E-state index contributed by atoms with van der Waals surface area (Å²) < 4.78 is 5.43. The number of guanidine groups is 1. The normalized spacial score (nSPS) is 16.7. The van der Waals surface area contributed by atoms with E-state index >= 15 is 0 Å². The number of ether oxygens (including phenoxy) is 1. The van der Waals surface area contributed by atoms with Crippen molar-refractivity contribution >= 4 is 41.5 Å². The minimum absolute atomic E-state index is 0. The molecule has 1 fully saturated rings. The lowest BCUT2D eigenvalue weighted by Crippen LogP contribution is -2.42. The van der Waals surface area contributed by atoms with Gasteiger partial charge in [0.2, 0.25) is 5.91 Å². The van der Waals surface area contributed by atoms with Crippen molar-refractivity contribution in [1.82, 2.24) is 10.2 Å². The van der Waals surface area contributed by atoms with E-state index in [0.717, 1.165) is 50.8 Å². The first kappa shape index (κ1) is 22.7. The van der Waals surface area contributed by atoms with E-state index in [1.54, 1.807) is 0 Å². The van der Waals surface area contributed by atoms with Crippen molar-refractivity contribution in [3.63, 3.8) is 0 Å². The number of nitrogens with one attached hydrogen (secondary N) is 2. The highest BCUT2D eigenvalue weighted by Crippen LogP contribution is 2.13. The summed E-state index contributed by atoms with van der Waals surface area (Å²) in [5.74, 6) is 1.17. The number of hydrogen-bond acceptors (Lipinski definition) is 3. The molecule has 0 aliphatic carbocycles. The van der Waals surface area contributed by atoms with Crippen molar-refractivity contribution in [2.24, 2.45) is 10.9 Å². The lowest BCUT2D eigenvalue weighted by Gasteiger charge is -2.24. The van der Waals surface area contributed by atoms with Gasteiger partial charge in [-0.05, 0) is 37.5 Å². The lowest BCUT2D eigenvalue weighted by atomic mass is 10.1. The van der Waals surface area contributed by atoms with Crippen LogP contribution in [0.1, 0.15) is 25.8 Å². The predicted molar refractivity (Wildman–Crippen MR) is 117 cm³/mol. The van der Waals surface area contributed by atoms with E-state index < -0.39 is 0 Å². The van der Waals surface area contributed by atoms with E-state index in [4.69, 9.17) is 4.74 Å². The number of anilines is 1. The first-order chi connectivity index (χ1) is 12.1. The fourth-order valence-electron chi connectivity index (χ4n) is 2.89. The molecule has 1 amide bonds. The third-order valence-electron chi connectivity index (χ3n) is 4.24. The minimum Gasteiger partial charge on any atom is -0.381 e. The maximum Gasteiger partial charge on any atom is 0.246 e. The monoisotopic (exact) mass is 474 g/mol. The Labute approximate surface area is 173 Å². The number of nitrogens with zero attached hydrogens (tertiary/aromatic N) is 2. The number of benzene rings is 1. The Morgan fingerprint density at radius 1 is 1.38 bits per heavy atom. The fraction of sp³-hybridized carbons (Fsp3) is 0.579. The minimum atomic E-state index is -0.110. The molecule has 1 heterocycles. The van der Waals surface area contributed by atoms with Crippen LogP contribution in [0.15, 0.2) is 29.3 Å². The second kappa shape index (κ2) is 12.1. The Morgan fingerprint density at radius 3 is 2.85 bits per heavy atom. The zero-order valence-corrected chi connectivity index (χ0v) is 18.3. The Balaban J connectivity index is 0.00000338. The summed E-state index contributed by atoms with van der Waals surface area (Å²) in [5.41, 5.74) is 2.02. The van der Waals surface area contributed by atoms with Crippen LogP contribution in [0.5, 0.6) is 0 Å². The molecule has 1 aliphatic rings. The third-order valence-corrected chi connectivity index (χ3v) is 4.24. The number of carbonyl (C=O) groups excluding carboxylic acids is 1. The van der Waals surface area contributed by atoms with Gasteiger partial charge in [-0.1, -0.05) is 19.1 Å². The molecule has 6 nitrogen and oxygen atoms in total. The number of aryl methyl sites for hydroxylation is 1. The predicted octanol–water partition coefficient (Wildman–Crippen LogP) is 2.74. The van der Waals surface area contributed by atoms with Gasteiger partial charge in [-0.3, -0.25) is 4.79 Å². The topological polar surface area (TPSA) is 66.0 Å². The molecule has 0 aromatic heterocycles. The largest absolute Gasteiger partial charge is 0.381 e. The number of hydrogen-bond donors (Lipinski definition) is 2. The van der Waals surface area contributed by atoms with Crippen molar-refractivity contribution in [3.05, 3.63) is 29.8 Å². The fourth-order valence-corrected chi connectivity index (χ4v) is 2.89.